The Hall–Kier alpha value is -0.790. The van der Waals surface area contributed by atoms with Gasteiger partial charge in [0.05, 0.1) is 0 Å². The zero-order chi connectivity index (χ0) is 15.3. The summed E-state index contributed by atoms with van der Waals surface area (Å²) in [6.45, 7) is 2.27. The van der Waals surface area contributed by atoms with Gasteiger partial charge in [-0.1, -0.05) is 69.4 Å². The molecular weight excluding hydrogens is 260 g/mol. The van der Waals surface area contributed by atoms with Crippen molar-refractivity contribution in [1.29, 1.82) is 0 Å². The van der Waals surface area contributed by atoms with E-state index in [0.717, 1.165) is 12.8 Å². The van der Waals surface area contributed by atoms with E-state index in [1.54, 1.807) is 11.1 Å². The molecule has 0 unspecified atom stereocenters. The Labute approximate surface area is 131 Å². The van der Waals surface area contributed by atoms with E-state index in [9.17, 15) is 4.79 Å². The summed E-state index contributed by atoms with van der Waals surface area (Å²) in [4.78, 5) is 10.4. The summed E-state index contributed by atoms with van der Waals surface area (Å²) in [7, 11) is 0. The molecule has 0 radical (unpaired) electrons. The number of allylic oxidation sites excluding steroid dienone is 2. The molecule has 0 fully saturated rings. The Morgan fingerprint density at radius 3 is 1.81 bits per heavy atom. The predicted molar refractivity (Wildman–Crippen MR) is 89.6 cm³/mol. The molecule has 0 aliphatic heterocycles. The maximum atomic E-state index is 10.4. The molecule has 0 saturated carbocycles. The molecule has 21 heavy (non-hydrogen) atoms. The highest BCUT2D eigenvalue weighted by atomic mass is 16.4. The van der Waals surface area contributed by atoms with E-state index in [1.165, 1.54) is 77.0 Å². The minimum atomic E-state index is -0.656. The second-order valence-corrected chi connectivity index (χ2v) is 6.56. The highest BCUT2D eigenvalue weighted by molar-refractivity contribution is 5.66. The molecule has 1 rings (SSSR count). The van der Waals surface area contributed by atoms with Crippen molar-refractivity contribution in [3.05, 3.63) is 11.1 Å². The van der Waals surface area contributed by atoms with Crippen LogP contribution in [0.3, 0.4) is 0 Å². The van der Waals surface area contributed by atoms with E-state index in [2.05, 4.69) is 6.92 Å². The lowest BCUT2D eigenvalue weighted by Crippen LogP contribution is -1.93. The lowest BCUT2D eigenvalue weighted by atomic mass is 10.1. The van der Waals surface area contributed by atoms with Crippen LogP contribution in [0.5, 0.6) is 0 Å². The zero-order valence-electron chi connectivity index (χ0n) is 14.0. The van der Waals surface area contributed by atoms with Crippen LogP contribution < -0.4 is 0 Å². The smallest absolute Gasteiger partial charge is 0.303 e. The van der Waals surface area contributed by atoms with Gasteiger partial charge in [0.25, 0.3) is 0 Å². The van der Waals surface area contributed by atoms with Gasteiger partial charge >= 0.3 is 5.97 Å². The van der Waals surface area contributed by atoms with Crippen molar-refractivity contribution in [3.8, 4) is 0 Å². The largest absolute Gasteiger partial charge is 0.481 e. The van der Waals surface area contributed by atoms with Crippen LogP contribution in [0.15, 0.2) is 11.1 Å². The molecule has 1 N–H and O–H groups in total. The second-order valence-electron chi connectivity index (χ2n) is 6.56. The Morgan fingerprint density at radius 2 is 1.29 bits per heavy atom. The first-order valence-electron chi connectivity index (χ1n) is 9.15. The molecule has 1 aliphatic rings. The van der Waals surface area contributed by atoms with Crippen LogP contribution >= 0.6 is 0 Å². The Balaban J connectivity index is 1.84. The van der Waals surface area contributed by atoms with Crippen LogP contribution in [0.2, 0.25) is 0 Å². The molecule has 0 aromatic heterocycles. The summed E-state index contributed by atoms with van der Waals surface area (Å²) < 4.78 is 0. The van der Waals surface area contributed by atoms with E-state index in [4.69, 9.17) is 5.11 Å². The molecule has 0 saturated heterocycles. The van der Waals surface area contributed by atoms with Crippen LogP contribution in [0.4, 0.5) is 0 Å². The van der Waals surface area contributed by atoms with Gasteiger partial charge in [-0.25, -0.2) is 0 Å². The first kappa shape index (κ1) is 18.3. The van der Waals surface area contributed by atoms with Gasteiger partial charge < -0.3 is 5.11 Å². The SMILES string of the molecule is CCCCCCCCCC1=C(CCCCCCC(=O)O)C1. The summed E-state index contributed by atoms with van der Waals surface area (Å²) in [6.07, 6.45) is 18.5. The van der Waals surface area contributed by atoms with Gasteiger partial charge in [-0.05, 0) is 38.5 Å². The van der Waals surface area contributed by atoms with Gasteiger partial charge in [-0.15, -0.1) is 0 Å². The molecule has 2 nitrogen and oxygen atoms in total. The van der Waals surface area contributed by atoms with Crippen LogP contribution in [0.25, 0.3) is 0 Å². The summed E-state index contributed by atoms with van der Waals surface area (Å²) >= 11 is 0. The number of carboxylic acid groups (broad SMARTS) is 1. The van der Waals surface area contributed by atoms with E-state index in [1.807, 2.05) is 0 Å². The number of aliphatic carboxylic acids is 1. The van der Waals surface area contributed by atoms with E-state index in [-0.39, 0.29) is 0 Å². The van der Waals surface area contributed by atoms with Crippen molar-refractivity contribution in [2.45, 2.75) is 103 Å². The number of rotatable bonds is 15. The average Bonchev–Trinajstić information content (AvgIpc) is 3.20. The molecule has 2 heteroatoms. The monoisotopic (exact) mass is 294 g/mol. The third kappa shape index (κ3) is 10.6. The predicted octanol–water partition coefficient (Wildman–Crippen LogP) is 6.25. The van der Waals surface area contributed by atoms with Gasteiger partial charge in [-0.3, -0.25) is 4.79 Å². The number of carbonyl (C=O) groups is 1. The molecule has 0 aromatic carbocycles. The maximum Gasteiger partial charge on any atom is 0.303 e. The van der Waals surface area contributed by atoms with Crippen molar-refractivity contribution < 1.29 is 9.90 Å². The van der Waals surface area contributed by atoms with Gasteiger partial charge in [0.2, 0.25) is 0 Å². The molecule has 122 valence electrons. The van der Waals surface area contributed by atoms with Crippen molar-refractivity contribution in [1.82, 2.24) is 0 Å². The van der Waals surface area contributed by atoms with Crippen LogP contribution in [-0.4, -0.2) is 11.1 Å². The lowest BCUT2D eigenvalue weighted by Gasteiger charge is -1.99. The molecule has 0 bridgehead atoms. The summed E-state index contributed by atoms with van der Waals surface area (Å²) in [5, 5.41) is 8.56. The highest BCUT2D eigenvalue weighted by Crippen LogP contribution is 2.38. The molecule has 0 amide bonds. The van der Waals surface area contributed by atoms with E-state index < -0.39 is 5.97 Å². The van der Waals surface area contributed by atoms with Crippen molar-refractivity contribution >= 4 is 5.97 Å². The lowest BCUT2D eigenvalue weighted by molar-refractivity contribution is -0.137. The molecule has 0 spiro atoms. The molecule has 0 heterocycles. The van der Waals surface area contributed by atoms with Crippen LogP contribution in [0.1, 0.15) is 103 Å². The van der Waals surface area contributed by atoms with Crippen LogP contribution in [0, 0.1) is 0 Å². The zero-order valence-corrected chi connectivity index (χ0v) is 14.0. The summed E-state index contributed by atoms with van der Waals surface area (Å²) in [5.41, 5.74) is 3.47. The fourth-order valence-electron chi connectivity index (χ4n) is 3.01. The number of hydrogen-bond acceptors (Lipinski definition) is 1. The van der Waals surface area contributed by atoms with Crippen molar-refractivity contribution in [3.63, 3.8) is 0 Å². The van der Waals surface area contributed by atoms with Gasteiger partial charge in [0.15, 0.2) is 0 Å². The Kier molecular flexibility index (Phi) is 10.3. The quantitative estimate of drug-likeness (QED) is 0.286. The summed E-state index contributed by atoms with van der Waals surface area (Å²) in [5.74, 6) is -0.656. The highest BCUT2D eigenvalue weighted by Gasteiger charge is 2.19. The Bertz CT molecular complexity index is 318. The minimum absolute atomic E-state index is 0.339. The van der Waals surface area contributed by atoms with E-state index >= 15 is 0 Å². The Morgan fingerprint density at radius 1 is 0.810 bits per heavy atom. The fourth-order valence-corrected chi connectivity index (χ4v) is 3.01. The van der Waals surface area contributed by atoms with E-state index in [0.29, 0.717) is 6.42 Å². The number of unbranched alkanes of at least 4 members (excludes halogenated alkanes) is 9. The number of carboxylic acids is 1. The third-order valence-corrected chi connectivity index (χ3v) is 4.50. The van der Waals surface area contributed by atoms with Gasteiger partial charge in [-0.2, -0.15) is 0 Å². The molecule has 0 atom stereocenters. The fraction of sp³-hybridized carbons (Fsp3) is 0.842. The average molecular weight is 294 g/mol. The van der Waals surface area contributed by atoms with Gasteiger partial charge in [0, 0.05) is 6.42 Å². The first-order valence-corrected chi connectivity index (χ1v) is 9.15. The molecule has 1 aliphatic carbocycles. The van der Waals surface area contributed by atoms with Crippen LogP contribution in [-0.2, 0) is 4.79 Å². The van der Waals surface area contributed by atoms with Crippen molar-refractivity contribution in [2.24, 2.45) is 0 Å². The summed E-state index contributed by atoms with van der Waals surface area (Å²) in [6, 6.07) is 0. The number of hydrogen-bond donors (Lipinski definition) is 1. The second kappa shape index (κ2) is 11.8. The third-order valence-electron chi connectivity index (χ3n) is 4.50. The minimum Gasteiger partial charge on any atom is -0.481 e. The normalized spacial score (nSPS) is 13.8. The van der Waals surface area contributed by atoms with Crippen molar-refractivity contribution in [2.75, 3.05) is 0 Å². The molecular formula is C19H34O2. The van der Waals surface area contributed by atoms with Gasteiger partial charge in [0.1, 0.15) is 0 Å². The topological polar surface area (TPSA) is 37.3 Å². The first-order chi connectivity index (χ1) is 10.2. The molecule has 0 aromatic rings. The maximum absolute atomic E-state index is 10.4. The standard InChI is InChI=1S/C19H34O2/c1-2-3-4-5-6-7-10-13-17-16-18(17)14-11-8-9-12-15-19(20)21/h2-16H2,1H3,(H,20,21).